The SMILES string of the molecule is CN(Cc1cn[nH]c1)C(=O)c1cc(Cl)cc(Cl)c1I. The second-order valence-electron chi connectivity index (χ2n) is 4.02. The lowest BCUT2D eigenvalue weighted by molar-refractivity contribution is 0.0784. The van der Waals surface area contributed by atoms with Crippen molar-refractivity contribution >= 4 is 51.7 Å². The first-order valence-corrected chi connectivity index (χ1v) is 7.20. The van der Waals surface area contributed by atoms with Crippen LogP contribution in [0.1, 0.15) is 15.9 Å². The van der Waals surface area contributed by atoms with Gasteiger partial charge in [0.15, 0.2) is 0 Å². The first-order valence-electron chi connectivity index (χ1n) is 5.36. The maximum Gasteiger partial charge on any atom is 0.255 e. The molecule has 0 fully saturated rings. The Kier molecular flexibility index (Phi) is 4.70. The largest absolute Gasteiger partial charge is 0.337 e. The van der Waals surface area contributed by atoms with E-state index in [1.807, 2.05) is 22.6 Å². The smallest absolute Gasteiger partial charge is 0.255 e. The lowest BCUT2D eigenvalue weighted by atomic mass is 10.2. The van der Waals surface area contributed by atoms with Crippen molar-refractivity contribution in [3.8, 4) is 0 Å². The van der Waals surface area contributed by atoms with Crippen LogP contribution in [0, 0.1) is 3.57 Å². The summed E-state index contributed by atoms with van der Waals surface area (Å²) in [5, 5.41) is 7.49. The molecule has 19 heavy (non-hydrogen) atoms. The Labute approximate surface area is 134 Å². The van der Waals surface area contributed by atoms with Crippen LogP contribution in [-0.4, -0.2) is 28.1 Å². The van der Waals surface area contributed by atoms with E-state index in [1.54, 1.807) is 36.5 Å². The molecule has 0 saturated heterocycles. The van der Waals surface area contributed by atoms with E-state index < -0.39 is 0 Å². The number of carbonyl (C=O) groups excluding carboxylic acids is 1. The summed E-state index contributed by atoms with van der Waals surface area (Å²) >= 11 is 14.0. The molecule has 0 unspecified atom stereocenters. The standard InChI is InChI=1S/C12H10Cl2IN3O/c1-18(6-7-4-16-17-5-7)12(19)9-2-8(13)3-10(14)11(9)15/h2-5H,6H2,1H3,(H,16,17). The molecule has 0 aliphatic carbocycles. The van der Waals surface area contributed by atoms with Crippen LogP contribution in [0.25, 0.3) is 0 Å². The second-order valence-corrected chi connectivity index (χ2v) is 5.94. The number of nitrogens with zero attached hydrogens (tertiary/aromatic N) is 2. The van der Waals surface area contributed by atoms with Gasteiger partial charge in [0, 0.05) is 33.9 Å². The highest BCUT2D eigenvalue weighted by atomic mass is 127. The fraction of sp³-hybridized carbons (Fsp3) is 0.167. The number of benzene rings is 1. The van der Waals surface area contributed by atoms with Crippen LogP contribution in [0.3, 0.4) is 0 Å². The summed E-state index contributed by atoms with van der Waals surface area (Å²) in [5.41, 5.74) is 1.43. The van der Waals surface area contributed by atoms with Crippen LogP contribution in [0.4, 0.5) is 0 Å². The first-order chi connectivity index (χ1) is 8.99. The number of aromatic amines is 1. The molecular formula is C12H10Cl2IN3O. The zero-order chi connectivity index (χ0) is 14.0. The third-order valence-electron chi connectivity index (χ3n) is 2.54. The van der Waals surface area contributed by atoms with E-state index in [0.29, 0.717) is 25.7 Å². The fourth-order valence-corrected chi connectivity index (χ4v) is 2.66. The number of rotatable bonds is 3. The quantitative estimate of drug-likeness (QED) is 0.622. The van der Waals surface area contributed by atoms with Gasteiger partial charge in [-0.2, -0.15) is 5.10 Å². The third-order valence-corrected chi connectivity index (χ3v) is 4.54. The predicted molar refractivity (Wildman–Crippen MR) is 83.6 cm³/mol. The Morgan fingerprint density at radius 1 is 1.47 bits per heavy atom. The molecule has 2 aromatic rings. The molecule has 0 saturated carbocycles. The molecule has 0 radical (unpaired) electrons. The predicted octanol–water partition coefficient (Wildman–Crippen LogP) is 3.59. The minimum atomic E-state index is -0.130. The molecule has 100 valence electrons. The number of nitrogens with one attached hydrogen (secondary N) is 1. The normalized spacial score (nSPS) is 10.5. The van der Waals surface area contributed by atoms with Gasteiger partial charge in [-0.25, -0.2) is 0 Å². The molecule has 1 heterocycles. The topological polar surface area (TPSA) is 49.0 Å². The van der Waals surface area contributed by atoms with Crippen molar-refractivity contribution in [2.75, 3.05) is 7.05 Å². The van der Waals surface area contributed by atoms with E-state index in [1.165, 1.54) is 0 Å². The minimum absolute atomic E-state index is 0.130. The van der Waals surface area contributed by atoms with Crippen molar-refractivity contribution in [3.63, 3.8) is 0 Å². The molecule has 0 atom stereocenters. The van der Waals surface area contributed by atoms with Gasteiger partial charge >= 0.3 is 0 Å². The zero-order valence-electron chi connectivity index (χ0n) is 9.95. The van der Waals surface area contributed by atoms with Crippen molar-refractivity contribution in [3.05, 3.63) is 49.3 Å². The van der Waals surface area contributed by atoms with Crippen molar-refractivity contribution in [2.45, 2.75) is 6.54 Å². The van der Waals surface area contributed by atoms with Gasteiger partial charge in [-0.15, -0.1) is 0 Å². The summed E-state index contributed by atoms with van der Waals surface area (Å²) in [6.07, 6.45) is 3.43. The second kappa shape index (κ2) is 6.11. The van der Waals surface area contributed by atoms with Gasteiger partial charge in [-0.05, 0) is 34.7 Å². The lowest BCUT2D eigenvalue weighted by Crippen LogP contribution is -2.26. The van der Waals surface area contributed by atoms with Gasteiger partial charge in [-0.3, -0.25) is 9.89 Å². The minimum Gasteiger partial charge on any atom is -0.337 e. The first kappa shape index (κ1) is 14.6. The average Bonchev–Trinajstić information content (AvgIpc) is 2.85. The number of hydrogen-bond acceptors (Lipinski definition) is 2. The monoisotopic (exact) mass is 409 g/mol. The number of carbonyl (C=O) groups is 1. The number of hydrogen-bond donors (Lipinski definition) is 1. The molecular weight excluding hydrogens is 400 g/mol. The maximum atomic E-state index is 12.4. The number of halogens is 3. The molecule has 0 spiro atoms. The van der Waals surface area contributed by atoms with E-state index in [4.69, 9.17) is 23.2 Å². The molecule has 7 heteroatoms. The summed E-state index contributed by atoms with van der Waals surface area (Å²) in [6, 6.07) is 3.25. The molecule has 0 aliphatic rings. The molecule has 1 N–H and O–H groups in total. The van der Waals surface area contributed by atoms with E-state index >= 15 is 0 Å². The Morgan fingerprint density at radius 3 is 2.84 bits per heavy atom. The highest BCUT2D eigenvalue weighted by Crippen LogP contribution is 2.27. The van der Waals surface area contributed by atoms with Crippen LogP contribution in [0.2, 0.25) is 10.0 Å². The van der Waals surface area contributed by atoms with Crippen molar-refractivity contribution in [1.82, 2.24) is 15.1 Å². The fourth-order valence-electron chi connectivity index (χ4n) is 1.63. The van der Waals surface area contributed by atoms with Crippen molar-refractivity contribution in [2.24, 2.45) is 0 Å². The van der Waals surface area contributed by atoms with Crippen LogP contribution >= 0.6 is 45.8 Å². The van der Waals surface area contributed by atoms with E-state index in [0.717, 1.165) is 5.56 Å². The average molecular weight is 410 g/mol. The molecule has 2 rings (SSSR count). The van der Waals surface area contributed by atoms with Gasteiger partial charge in [0.25, 0.3) is 5.91 Å². The molecule has 1 aromatic carbocycles. The van der Waals surface area contributed by atoms with Gasteiger partial charge in [0.1, 0.15) is 0 Å². The van der Waals surface area contributed by atoms with E-state index in [2.05, 4.69) is 10.2 Å². The summed E-state index contributed by atoms with van der Waals surface area (Å²) < 4.78 is 0.702. The van der Waals surface area contributed by atoms with Crippen molar-refractivity contribution < 1.29 is 4.79 Å². The number of aromatic nitrogens is 2. The van der Waals surface area contributed by atoms with Crippen molar-refractivity contribution in [1.29, 1.82) is 0 Å². The zero-order valence-corrected chi connectivity index (χ0v) is 13.6. The Morgan fingerprint density at radius 2 is 2.21 bits per heavy atom. The Balaban J connectivity index is 2.24. The highest BCUT2D eigenvalue weighted by molar-refractivity contribution is 14.1. The van der Waals surface area contributed by atoms with E-state index in [-0.39, 0.29) is 5.91 Å². The number of amides is 1. The summed E-state index contributed by atoms with van der Waals surface area (Å²) in [7, 11) is 1.72. The molecule has 4 nitrogen and oxygen atoms in total. The summed E-state index contributed by atoms with van der Waals surface area (Å²) in [4.78, 5) is 14.0. The highest BCUT2D eigenvalue weighted by Gasteiger charge is 2.18. The van der Waals surface area contributed by atoms with Crippen LogP contribution in [0.5, 0.6) is 0 Å². The maximum absolute atomic E-state index is 12.4. The van der Waals surface area contributed by atoms with Crippen LogP contribution < -0.4 is 0 Å². The lowest BCUT2D eigenvalue weighted by Gasteiger charge is -2.17. The van der Waals surface area contributed by atoms with Gasteiger partial charge in [-0.1, -0.05) is 23.2 Å². The molecule has 1 amide bonds. The third kappa shape index (κ3) is 3.40. The summed E-state index contributed by atoms with van der Waals surface area (Å²) in [5.74, 6) is -0.130. The van der Waals surface area contributed by atoms with E-state index in [9.17, 15) is 4.79 Å². The molecule has 0 bridgehead atoms. The Hall–Kier alpha value is -0.790. The summed E-state index contributed by atoms with van der Waals surface area (Å²) in [6.45, 7) is 0.468. The van der Waals surface area contributed by atoms with Crippen LogP contribution in [0.15, 0.2) is 24.5 Å². The molecule has 1 aromatic heterocycles. The van der Waals surface area contributed by atoms with Gasteiger partial charge < -0.3 is 4.90 Å². The number of H-pyrrole nitrogens is 1. The molecule has 0 aliphatic heterocycles. The van der Waals surface area contributed by atoms with Gasteiger partial charge in [0.05, 0.1) is 16.8 Å². The van der Waals surface area contributed by atoms with Crippen LogP contribution in [-0.2, 0) is 6.54 Å². The van der Waals surface area contributed by atoms with Gasteiger partial charge in [0.2, 0.25) is 0 Å². The Bertz CT molecular complexity index is 601.